The topological polar surface area (TPSA) is 144 Å². The molecule has 0 radical (unpaired) electrons. The molecule has 294 valence electrons. The molecule has 13 nitrogen and oxygen atoms in total. The summed E-state index contributed by atoms with van der Waals surface area (Å²) in [6.07, 6.45) is 4.53. The number of rotatable bonds is 15. The van der Waals surface area contributed by atoms with Gasteiger partial charge in [0.2, 0.25) is 0 Å². The highest BCUT2D eigenvalue weighted by atomic mass is 16.5. The summed E-state index contributed by atoms with van der Waals surface area (Å²) in [5.74, 6) is 2.59. The normalized spacial score (nSPS) is 12.9. The van der Waals surface area contributed by atoms with E-state index in [4.69, 9.17) is 19.3 Å². The molecule has 2 aromatic heterocycles. The number of fused-ring (bicyclic) bond motifs is 1. The lowest BCUT2D eigenvalue weighted by Crippen LogP contribution is -2.41. The fourth-order valence-electron chi connectivity index (χ4n) is 6.61. The Hall–Kier alpha value is -6.44. The quantitative estimate of drug-likeness (QED) is 0.0811. The molecule has 4 aromatic carbocycles. The number of nitrogens with zero attached hydrogens (tertiary/aromatic N) is 4. The molecule has 1 aliphatic heterocycles. The number of amides is 3. The van der Waals surface area contributed by atoms with Crippen molar-refractivity contribution < 1.29 is 23.8 Å². The maximum atomic E-state index is 13.5. The van der Waals surface area contributed by atoms with Gasteiger partial charge in [-0.2, -0.15) is 5.10 Å². The minimum atomic E-state index is -0.389. The number of benzene rings is 4. The average molecular weight is 769 g/mol. The molecule has 57 heavy (non-hydrogen) atoms. The third kappa shape index (κ3) is 10.1. The minimum absolute atomic E-state index is 0.192. The smallest absolute Gasteiger partial charge is 0.324 e. The Labute approximate surface area is 332 Å². The molecule has 1 saturated heterocycles. The van der Waals surface area contributed by atoms with Gasteiger partial charge in [0.25, 0.3) is 5.91 Å². The van der Waals surface area contributed by atoms with Gasteiger partial charge in [-0.3, -0.25) is 15.0 Å². The van der Waals surface area contributed by atoms with Crippen LogP contribution in [0, 0.1) is 6.92 Å². The largest absolute Gasteiger partial charge is 0.497 e. The van der Waals surface area contributed by atoms with Gasteiger partial charge < -0.3 is 30.2 Å². The fraction of sp³-hybridized carbons (Fsp3) is 0.273. The van der Waals surface area contributed by atoms with Gasteiger partial charge in [-0.05, 0) is 62.2 Å². The van der Waals surface area contributed by atoms with Crippen molar-refractivity contribution in [2.75, 3.05) is 62.5 Å². The van der Waals surface area contributed by atoms with Crippen LogP contribution in [-0.4, -0.2) is 78.1 Å². The van der Waals surface area contributed by atoms with Crippen LogP contribution in [0.5, 0.6) is 17.2 Å². The van der Waals surface area contributed by atoms with Crippen LogP contribution in [0.25, 0.3) is 16.5 Å². The monoisotopic (exact) mass is 768 g/mol. The second-order valence-corrected chi connectivity index (χ2v) is 13.9. The number of carbonyl (C=O) groups is 2. The van der Waals surface area contributed by atoms with Crippen LogP contribution in [-0.2, 0) is 11.2 Å². The molecule has 3 amide bonds. The number of hydrogen-bond donors (Lipinski definition) is 4. The minimum Gasteiger partial charge on any atom is -0.497 e. The van der Waals surface area contributed by atoms with E-state index in [9.17, 15) is 9.59 Å². The zero-order chi connectivity index (χ0) is 39.6. The zero-order valence-corrected chi connectivity index (χ0v) is 32.5. The molecule has 13 heteroatoms. The van der Waals surface area contributed by atoms with Gasteiger partial charge in [0.1, 0.15) is 28.9 Å². The Bertz CT molecular complexity index is 2320. The Morgan fingerprint density at radius 2 is 1.68 bits per heavy atom. The van der Waals surface area contributed by atoms with Gasteiger partial charge in [0, 0.05) is 72.6 Å². The summed E-state index contributed by atoms with van der Waals surface area (Å²) in [5.41, 5.74) is 4.65. The predicted molar refractivity (Wildman–Crippen MR) is 224 cm³/mol. The first kappa shape index (κ1) is 38.8. The molecule has 0 spiro atoms. The Balaban J connectivity index is 1.04. The number of carbonyl (C=O) groups excluding carboxylic acids is 2. The fourth-order valence-corrected chi connectivity index (χ4v) is 6.61. The van der Waals surface area contributed by atoms with E-state index >= 15 is 0 Å². The number of morpholine rings is 1. The van der Waals surface area contributed by atoms with Gasteiger partial charge in [0.05, 0.1) is 37.4 Å². The molecular formula is C44H48N8O5. The molecule has 0 saturated carbocycles. The van der Waals surface area contributed by atoms with Crippen molar-refractivity contribution in [3.05, 3.63) is 120 Å². The van der Waals surface area contributed by atoms with E-state index in [-0.39, 0.29) is 11.9 Å². The molecule has 0 atom stereocenters. The third-order valence-electron chi connectivity index (χ3n) is 9.65. The number of urea groups is 1. The first-order valence-electron chi connectivity index (χ1n) is 19.3. The van der Waals surface area contributed by atoms with Crippen LogP contribution in [0.3, 0.4) is 0 Å². The number of pyridine rings is 1. The number of anilines is 4. The van der Waals surface area contributed by atoms with Crippen molar-refractivity contribution in [2.24, 2.45) is 0 Å². The number of aromatic nitrogens is 3. The lowest BCUT2D eigenvalue weighted by molar-refractivity contribution is 0.0383. The molecular weight excluding hydrogens is 721 g/mol. The maximum absolute atomic E-state index is 13.5. The van der Waals surface area contributed by atoms with Crippen molar-refractivity contribution in [1.82, 2.24) is 25.0 Å². The molecule has 1 aliphatic rings. The summed E-state index contributed by atoms with van der Waals surface area (Å²) in [4.78, 5) is 33.4. The first-order valence-corrected chi connectivity index (χ1v) is 19.3. The number of methoxy groups -OCH3 is 1. The van der Waals surface area contributed by atoms with E-state index < -0.39 is 0 Å². The molecule has 0 unspecified atom stereocenters. The van der Waals surface area contributed by atoms with Crippen LogP contribution in [0.4, 0.5) is 27.8 Å². The number of hydrogen-bond acceptors (Lipinski definition) is 9. The zero-order valence-electron chi connectivity index (χ0n) is 32.5. The van der Waals surface area contributed by atoms with E-state index in [2.05, 4.69) is 38.1 Å². The Morgan fingerprint density at radius 1 is 0.877 bits per heavy atom. The van der Waals surface area contributed by atoms with Crippen LogP contribution >= 0.6 is 0 Å². The molecule has 6 aromatic rings. The van der Waals surface area contributed by atoms with E-state index in [0.717, 1.165) is 66.6 Å². The van der Waals surface area contributed by atoms with Crippen molar-refractivity contribution in [2.45, 2.75) is 33.1 Å². The van der Waals surface area contributed by atoms with E-state index in [1.165, 1.54) is 0 Å². The number of aryl methyl sites for hydroxylation is 2. The second kappa shape index (κ2) is 18.5. The van der Waals surface area contributed by atoms with Gasteiger partial charge in [-0.25, -0.2) is 14.5 Å². The van der Waals surface area contributed by atoms with Gasteiger partial charge in [-0.15, -0.1) is 0 Å². The summed E-state index contributed by atoms with van der Waals surface area (Å²) in [5, 5.41) is 18.8. The van der Waals surface area contributed by atoms with Crippen molar-refractivity contribution in [1.29, 1.82) is 0 Å². The molecule has 1 fully saturated rings. The molecule has 3 heterocycles. The third-order valence-corrected chi connectivity index (χ3v) is 9.65. The summed E-state index contributed by atoms with van der Waals surface area (Å²) >= 11 is 0. The highest BCUT2D eigenvalue weighted by Gasteiger charge is 2.17. The molecule has 0 aliphatic carbocycles. The lowest BCUT2D eigenvalue weighted by Gasteiger charge is -2.26. The highest BCUT2D eigenvalue weighted by Crippen LogP contribution is 2.35. The SMILES string of the molecule is CCCCc1cc(NC(=O)Nc2ccc(Oc3ccnc(Nc4cc(OC)cc(C(=O)NCCN5CCOCC5)c4)c3)c3ccccc23)n(-c2ccc(C)cc2)n1. The van der Waals surface area contributed by atoms with Crippen LogP contribution in [0.1, 0.15) is 41.4 Å². The van der Waals surface area contributed by atoms with Crippen LogP contribution in [0.15, 0.2) is 103 Å². The van der Waals surface area contributed by atoms with Crippen molar-refractivity contribution in [3.63, 3.8) is 0 Å². The second-order valence-electron chi connectivity index (χ2n) is 13.9. The van der Waals surface area contributed by atoms with Gasteiger partial charge in [-0.1, -0.05) is 55.3 Å². The summed E-state index contributed by atoms with van der Waals surface area (Å²) < 4.78 is 19.1. The van der Waals surface area contributed by atoms with E-state index in [1.807, 2.05) is 73.7 Å². The first-order chi connectivity index (χ1) is 27.8. The molecule has 4 N–H and O–H groups in total. The average Bonchev–Trinajstić information content (AvgIpc) is 3.63. The van der Waals surface area contributed by atoms with E-state index in [1.54, 1.807) is 48.3 Å². The van der Waals surface area contributed by atoms with Gasteiger partial charge >= 0.3 is 6.03 Å². The Kier molecular flexibility index (Phi) is 12.6. The number of nitrogens with one attached hydrogen (secondary N) is 4. The van der Waals surface area contributed by atoms with Crippen LogP contribution in [0.2, 0.25) is 0 Å². The maximum Gasteiger partial charge on any atom is 0.324 e. The summed E-state index contributed by atoms with van der Waals surface area (Å²) in [6.45, 7) is 8.62. The van der Waals surface area contributed by atoms with Gasteiger partial charge in [0.15, 0.2) is 0 Å². The number of unbranched alkanes of at least 4 members (excludes halogenated alkanes) is 1. The summed E-state index contributed by atoms with van der Waals surface area (Å²) in [7, 11) is 1.57. The standard InChI is InChI=1S/C44H48N8O5/c1-4-5-8-32-28-42(52(50-32)34-13-11-30(2)12-14-34)49-44(54)48-39-15-16-40(38-10-7-6-9-37(38)39)57-35-17-18-45-41(29-35)47-33-25-31(26-36(27-33)55-3)43(53)46-19-20-51-21-23-56-24-22-51/h6-7,9-18,25-29H,4-5,8,19-24H2,1-3H3,(H,45,47)(H,46,53)(H2,48,49,54). The highest BCUT2D eigenvalue weighted by molar-refractivity contribution is 6.07. The Morgan fingerprint density at radius 3 is 2.47 bits per heavy atom. The van der Waals surface area contributed by atoms with Crippen molar-refractivity contribution in [3.8, 4) is 22.9 Å². The van der Waals surface area contributed by atoms with Crippen LogP contribution < -0.4 is 30.7 Å². The summed E-state index contributed by atoms with van der Waals surface area (Å²) in [6, 6.07) is 29.8. The number of ether oxygens (including phenoxy) is 3. The molecule has 0 bridgehead atoms. The molecule has 7 rings (SSSR count). The van der Waals surface area contributed by atoms with Crippen molar-refractivity contribution >= 4 is 45.7 Å². The van der Waals surface area contributed by atoms with E-state index in [0.29, 0.717) is 65.6 Å². The lowest BCUT2D eigenvalue weighted by atomic mass is 10.1. The predicted octanol–water partition coefficient (Wildman–Crippen LogP) is 8.32.